The monoisotopic (exact) mass is 282 g/mol. The summed E-state index contributed by atoms with van der Waals surface area (Å²) in [6, 6.07) is 4.93. The number of anilines is 1. The lowest BCUT2D eigenvalue weighted by Gasteiger charge is -2.26. The molecule has 19 heavy (non-hydrogen) atoms. The van der Waals surface area contributed by atoms with Crippen LogP contribution in [0.5, 0.6) is 0 Å². The maximum atomic E-state index is 12.6. The molecule has 5 nitrogen and oxygen atoms in total. The lowest BCUT2D eigenvalue weighted by Crippen LogP contribution is -2.35. The van der Waals surface area contributed by atoms with Crippen LogP contribution in [0.2, 0.25) is 0 Å². The van der Waals surface area contributed by atoms with Crippen molar-refractivity contribution in [2.24, 2.45) is 0 Å². The lowest BCUT2D eigenvalue weighted by atomic mass is 10.2. The number of hydrogen-bond acceptors (Lipinski definition) is 3. The number of sulfonamides is 1. The molecule has 1 aliphatic heterocycles. The van der Waals surface area contributed by atoms with Gasteiger partial charge in [0.15, 0.2) is 0 Å². The van der Waals surface area contributed by atoms with Gasteiger partial charge in [0.1, 0.15) is 0 Å². The van der Waals surface area contributed by atoms with E-state index in [-0.39, 0.29) is 4.90 Å². The van der Waals surface area contributed by atoms with Gasteiger partial charge in [-0.25, -0.2) is 8.42 Å². The molecule has 0 aliphatic carbocycles. The van der Waals surface area contributed by atoms with Gasteiger partial charge in [-0.05, 0) is 37.5 Å². The van der Waals surface area contributed by atoms with Crippen LogP contribution < -0.4 is 5.32 Å². The minimum Gasteiger partial charge on any atom is -0.329 e. The first-order chi connectivity index (χ1) is 9.05. The van der Waals surface area contributed by atoms with E-state index in [0.29, 0.717) is 30.8 Å². The molecular formula is C13H18N2O3S. The van der Waals surface area contributed by atoms with Crippen molar-refractivity contribution in [3.63, 3.8) is 0 Å². The minimum atomic E-state index is -3.46. The Morgan fingerprint density at radius 3 is 2.53 bits per heavy atom. The van der Waals surface area contributed by atoms with E-state index in [1.807, 2.05) is 0 Å². The summed E-state index contributed by atoms with van der Waals surface area (Å²) in [5.74, 6) is 0. The van der Waals surface area contributed by atoms with Crippen LogP contribution >= 0.6 is 0 Å². The molecule has 0 unspecified atom stereocenters. The Balaban J connectivity index is 2.38. The number of amides is 1. The second-order valence-electron chi connectivity index (χ2n) is 4.71. The summed E-state index contributed by atoms with van der Waals surface area (Å²) in [6.07, 6.45) is 3.44. The number of nitrogens with one attached hydrogen (secondary N) is 1. The first kappa shape index (κ1) is 14.0. The van der Waals surface area contributed by atoms with Crippen LogP contribution in [0, 0.1) is 6.92 Å². The van der Waals surface area contributed by atoms with Gasteiger partial charge in [-0.2, -0.15) is 4.31 Å². The van der Waals surface area contributed by atoms with Gasteiger partial charge in [-0.15, -0.1) is 0 Å². The normalized spacial score (nSPS) is 17.1. The number of carbonyl (C=O) groups is 1. The first-order valence-corrected chi connectivity index (χ1v) is 7.80. The van der Waals surface area contributed by atoms with Gasteiger partial charge >= 0.3 is 0 Å². The van der Waals surface area contributed by atoms with Gasteiger partial charge in [-0.1, -0.05) is 12.5 Å². The van der Waals surface area contributed by atoms with E-state index < -0.39 is 10.0 Å². The Labute approximate surface area is 113 Å². The maximum absolute atomic E-state index is 12.6. The highest BCUT2D eigenvalue weighted by molar-refractivity contribution is 7.89. The molecular weight excluding hydrogens is 264 g/mol. The van der Waals surface area contributed by atoms with E-state index in [1.54, 1.807) is 19.1 Å². The van der Waals surface area contributed by atoms with Crippen LogP contribution in [0.4, 0.5) is 5.69 Å². The average molecular weight is 282 g/mol. The molecule has 0 atom stereocenters. The largest absolute Gasteiger partial charge is 0.329 e. The number of rotatable bonds is 4. The fourth-order valence-electron chi connectivity index (χ4n) is 2.28. The van der Waals surface area contributed by atoms with Crippen molar-refractivity contribution in [3.8, 4) is 0 Å². The van der Waals surface area contributed by atoms with Crippen molar-refractivity contribution in [2.45, 2.75) is 31.1 Å². The zero-order valence-electron chi connectivity index (χ0n) is 10.9. The van der Waals surface area contributed by atoms with Gasteiger partial charge in [0.25, 0.3) is 0 Å². The van der Waals surface area contributed by atoms with Crippen molar-refractivity contribution in [1.82, 2.24) is 4.31 Å². The van der Waals surface area contributed by atoms with E-state index in [2.05, 4.69) is 5.32 Å². The van der Waals surface area contributed by atoms with E-state index in [9.17, 15) is 13.2 Å². The molecule has 2 rings (SSSR count). The van der Waals surface area contributed by atoms with E-state index >= 15 is 0 Å². The number of benzene rings is 1. The van der Waals surface area contributed by atoms with Crippen LogP contribution in [0.1, 0.15) is 24.8 Å². The van der Waals surface area contributed by atoms with Crippen molar-refractivity contribution >= 4 is 22.1 Å². The molecule has 104 valence electrons. The Kier molecular flexibility index (Phi) is 4.21. The lowest BCUT2D eigenvalue weighted by molar-refractivity contribution is -0.105. The fourth-order valence-corrected chi connectivity index (χ4v) is 4.05. The van der Waals surface area contributed by atoms with Crippen molar-refractivity contribution in [3.05, 3.63) is 23.8 Å². The topological polar surface area (TPSA) is 66.5 Å². The Morgan fingerprint density at radius 2 is 1.89 bits per heavy atom. The van der Waals surface area contributed by atoms with Crippen LogP contribution in [0.15, 0.2) is 23.1 Å². The third-order valence-corrected chi connectivity index (χ3v) is 5.39. The summed E-state index contributed by atoms with van der Waals surface area (Å²) in [5, 5.41) is 2.49. The van der Waals surface area contributed by atoms with Crippen LogP contribution in [0.3, 0.4) is 0 Å². The van der Waals surface area contributed by atoms with Gasteiger partial charge in [0, 0.05) is 18.8 Å². The second kappa shape index (κ2) is 5.71. The van der Waals surface area contributed by atoms with E-state index in [0.717, 1.165) is 19.3 Å². The Hall–Kier alpha value is -1.40. The number of aryl methyl sites for hydroxylation is 1. The highest BCUT2D eigenvalue weighted by atomic mass is 32.2. The summed E-state index contributed by atoms with van der Waals surface area (Å²) in [6.45, 7) is 2.92. The van der Waals surface area contributed by atoms with Crippen molar-refractivity contribution in [1.29, 1.82) is 0 Å². The number of nitrogens with zero attached hydrogens (tertiary/aromatic N) is 1. The molecule has 0 radical (unpaired) electrons. The molecule has 0 aromatic heterocycles. The van der Waals surface area contributed by atoms with E-state index in [4.69, 9.17) is 0 Å². The molecule has 0 bridgehead atoms. The molecule has 1 fully saturated rings. The van der Waals surface area contributed by atoms with Crippen molar-refractivity contribution < 1.29 is 13.2 Å². The predicted molar refractivity (Wildman–Crippen MR) is 73.5 cm³/mol. The van der Waals surface area contributed by atoms with Gasteiger partial charge < -0.3 is 5.32 Å². The summed E-state index contributed by atoms with van der Waals surface area (Å²) < 4.78 is 26.7. The molecule has 0 spiro atoms. The predicted octanol–water partition coefficient (Wildman–Crippen LogP) is 1.74. The fraction of sp³-hybridized carbons (Fsp3) is 0.462. The average Bonchev–Trinajstić information content (AvgIpc) is 2.42. The molecule has 1 aromatic carbocycles. The summed E-state index contributed by atoms with van der Waals surface area (Å²) >= 11 is 0. The van der Waals surface area contributed by atoms with E-state index in [1.165, 1.54) is 10.4 Å². The van der Waals surface area contributed by atoms with Gasteiger partial charge in [0.2, 0.25) is 16.4 Å². The number of hydrogen-bond donors (Lipinski definition) is 1. The molecule has 1 aromatic rings. The van der Waals surface area contributed by atoms with Crippen LogP contribution in [0.25, 0.3) is 0 Å². The summed E-state index contributed by atoms with van der Waals surface area (Å²) in [5.41, 5.74) is 1.19. The quantitative estimate of drug-likeness (QED) is 0.855. The standard InChI is InChI=1S/C13H18N2O3S/c1-11-5-6-12(14-10-16)9-13(11)19(17,18)15-7-3-2-4-8-15/h5-6,9-10H,2-4,7-8H2,1H3,(H,14,16). The Bertz CT molecular complexity index is 563. The molecule has 1 saturated heterocycles. The van der Waals surface area contributed by atoms with Crippen LogP contribution in [-0.4, -0.2) is 32.2 Å². The minimum absolute atomic E-state index is 0.279. The summed E-state index contributed by atoms with van der Waals surface area (Å²) in [7, 11) is -3.46. The number of carbonyl (C=O) groups excluding carboxylic acids is 1. The zero-order chi connectivity index (χ0) is 13.9. The van der Waals surface area contributed by atoms with Crippen LogP contribution in [-0.2, 0) is 14.8 Å². The first-order valence-electron chi connectivity index (χ1n) is 6.36. The van der Waals surface area contributed by atoms with Gasteiger partial charge in [0.05, 0.1) is 4.90 Å². The summed E-state index contributed by atoms with van der Waals surface area (Å²) in [4.78, 5) is 10.7. The number of piperidine rings is 1. The molecule has 6 heteroatoms. The van der Waals surface area contributed by atoms with Gasteiger partial charge in [-0.3, -0.25) is 4.79 Å². The molecule has 1 heterocycles. The maximum Gasteiger partial charge on any atom is 0.243 e. The zero-order valence-corrected chi connectivity index (χ0v) is 11.7. The Morgan fingerprint density at radius 1 is 1.21 bits per heavy atom. The SMILES string of the molecule is Cc1ccc(NC=O)cc1S(=O)(=O)N1CCCCC1. The smallest absolute Gasteiger partial charge is 0.243 e. The molecule has 1 N–H and O–H groups in total. The van der Waals surface area contributed by atoms with Crippen molar-refractivity contribution in [2.75, 3.05) is 18.4 Å². The third kappa shape index (κ3) is 2.96. The highest BCUT2D eigenvalue weighted by Gasteiger charge is 2.27. The molecule has 1 amide bonds. The highest BCUT2D eigenvalue weighted by Crippen LogP contribution is 2.25. The second-order valence-corrected chi connectivity index (χ2v) is 6.61. The third-order valence-electron chi connectivity index (χ3n) is 3.35. The molecule has 1 aliphatic rings. The molecule has 0 saturated carbocycles.